The van der Waals surface area contributed by atoms with Gasteiger partial charge in [-0.1, -0.05) is 15.9 Å². The zero-order valence-electron chi connectivity index (χ0n) is 8.88. The molecule has 2 aromatic rings. The second-order valence-corrected chi connectivity index (χ2v) is 5.52. The van der Waals surface area contributed by atoms with E-state index < -0.39 is 17.7 Å². The van der Waals surface area contributed by atoms with Gasteiger partial charge in [0.25, 0.3) is 0 Å². The van der Waals surface area contributed by atoms with Crippen molar-refractivity contribution in [3.05, 3.63) is 55.7 Å². The van der Waals surface area contributed by atoms with Crippen LogP contribution in [0.3, 0.4) is 0 Å². The molecule has 0 fully saturated rings. The van der Waals surface area contributed by atoms with Gasteiger partial charge in [-0.15, -0.1) is 11.3 Å². The minimum Gasteiger partial charge on any atom is -0.383 e. The molecule has 0 aliphatic rings. The lowest BCUT2D eigenvalue weighted by Gasteiger charge is -2.13. The number of thiophene rings is 1. The molecule has 0 spiro atoms. The maximum Gasteiger partial charge on any atom is 0.133 e. The Bertz CT molecular complexity index is 530. The quantitative estimate of drug-likeness (QED) is 0.880. The number of aliphatic hydroxyl groups is 1. The molecule has 0 saturated heterocycles. The Morgan fingerprint density at radius 3 is 2.35 bits per heavy atom. The van der Waals surface area contributed by atoms with E-state index >= 15 is 0 Å². The van der Waals surface area contributed by atoms with Crippen LogP contribution in [0.15, 0.2) is 28.1 Å². The molecule has 90 valence electrons. The molecule has 1 aromatic heterocycles. The van der Waals surface area contributed by atoms with Crippen molar-refractivity contribution < 1.29 is 13.9 Å². The summed E-state index contributed by atoms with van der Waals surface area (Å²) < 4.78 is 27.6. The predicted octanol–water partition coefficient (Wildman–Crippen LogP) is 4.18. The molecule has 5 heteroatoms. The zero-order valence-corrected chi connectivity index (χ0v) is 11.3. The van der Waals surface area contributed by atoms with Crippen molar-refractivity contribution in [1.82, 2.24) is 0 Å². The van der Waals surface area contributed by atoms with E-state index in [0.717, 1.165) is 17.7 Å². The summed E-state index contributed by atoms with van der Waals surface area (Å²) in [6.45, 7) is 1.80. The van der Waals surface area contributed by atoms with Crippen LogP contribution in [0, 0.1) is 18.6 Å². The summed E-state index contributed by atoms with van der Waals surface area (Å²) in [7, 11) is 0. The first kappa shape index (κ1) is 12.7. The van der Waals surface area contributed by atoms with E-state index in [0.29, 0.717) is 9.35 Å². The van der Waals surface area contributed by atoms with Crippen molar-refractivity contribution in [3.63, 3.8) is 0 Å². The van der Waals surface area contributed by atoms with Crippen LogP contribution in [0.5, 0.6) is 0 Å². The summed E-state index contributed by atoms with van der Waals surface area (Å²) in [6, 6.07) is 4.09. The highest BCUT2D eigenvalue weighted by Gasteiger charge is 2.22. The van der Waals surface area contributed by atoms with E-state index in [1.807, 2.05) is 0 Å². The molecule has 1 unspecified atom stereocenters. The fourth-order valence-electron chi connectivity index (χ4n) is 1.61. The van der Waals surface area contributed by atoms with Crippen molar-refractivity contribution in [1.29, 1.82) is 0 Å². The Morgan fingerprint density at radius 2 is 1.88 bits per heavy atom. The largest absolute Gasteiger partial charge is 0.383 e. The molecule has 1 heterocycles. The third kappa shape index (κ3) is 2.41. The van der Waals surface area contributed by atoms with Crippen LogP contribution in [0.4, 0.5) is 8.78 Å². The maximum atomic E-state index is 13.7. The number of rotatable bonds is 2. The lowest BCUT2D eigenvalue weighted by Crippen LogP contribution is -2.05. The van der Waals surface area contributed by atoms with Gasteiger partial charge in [-0.3, -0.25) is 0 Å². The fourth-order valence-corrected chi connectivity index (χ4v) is 2.93. The molecule has 0 radical (unpaired) electrons. The second kappa shape index (κ2) is 4.84. The molecule has 0 aliphatic heterocycles. The summed E-state index contributed by atoms with van der Waals surface area (Å²) in [5.74, 6) is -1.51. The summed E-state index contributed by atoms with van der Waals surface area (Å²) in [5, 5.41) is 11.8. The molecule has 1 aromatic carbocycles. The maximum absolute atomic E-state index is 13.7. The molecule has 1 atom stereocenters. The standard InChI is InChI=1S/C12H9BrF2OS/c1-6-2-3-17-12(6)11(16)10-8(14)4-7(13)5-9(10)15/h2-5,11,16H,1H3. The monoisotopic (exact) mass is 318 g/mol. The minimum absolute atomic E-state index is 0.307. The van der Waals surface area contributed by atoms with Crippen molar-refractivity contribution in [2.45, 2.75) is 13.0 Å². The van der Waals surface area contributed by atoms with E-state index in [-0.39, 0.29) is 5.56 Å². The smallest absolute Gasteiger partial charge is 0.133 e. The molecule has 17 heavy (non-hydrogen) atoms. The summed E-state index contributed by atoms with van der Waals surface area (Å²) in [5.41, 5.74) is 0.517. The molecular formula is C12H9BrF2OS. The summed E-state index contributed by atoms with van der Waals surface area (Å²) >= 11 is 4.28. The Labute approximate surface area is 110 Å². The molecule has 1 nitrogen and oxygen atoms in total. The van der Waals surface area contributed by atoms with E-state index in [1.165, 1.54) is 11.3 Å². The first-order chi connectivity index (χ1) is 8.00. The lowest BCUT2D eigenvalue weighted by molar-refractivity contribution is 0.212. The van der Waals surface area contributed by atoms with Gasteiger partial charge in [-0.25, -0.2) is 8.78 Å². The van der Waals surface area contributed by atoms with Crippen LogP contribution in [0.25, 0.3) is 0 Å². The van der Waals surface area contributed by atoms with E-state index in [4.69, 9.17) is 0 Å². The van der Waals surface area contributed by atoms with Crippen LogP contribution in [-0.4, -0.2) is 5.11 Å². The number of halogens is 3. The predicted molar refractivity (Wildman–Crippen MR) is 67.2 cm³/mol. The average Bonchev–Trinajstić information content (AvgIpc) is 2.62. The number of hydrogen-bond donors (Lipinski definition) is 1. The van der Waals surface area contributed by atoms with Crippen LogP contribution >= 0.6 is 27.3 Å². The highest BCUT2D eigenvalue weighted by Crippen LogP contribution is 2.33. The van der Waals surface area contributed by atoms with E-state index in [9.17, 15) is 13.9 Å². The third-order valence-electron chi connectivity index (χ3n) is 2.47. The molecule has 0 bridgehead atoms. The number of benzene rings is 1. The Morgan fingerprint density at radius 1 is 1.29 bits per heavy atom. The number of hydrogen-bond acceptors (Lipinski definition) is 2. The van der Waals surface area contributed by atoms with Crippen molar-refractivity contribution in [2.24, 2.45) is 0 Å². The Kier molecular flexibility index (Phi) is 3.61. The van der Waals surface area contributed by atoms with Gasteiger partial charge in [0.2, 0.25) is 0 Å². The molecular weight excluding hydrogens is 310 g/mol. The average molecular weight is 319 g/mol. The normalized spacial score (nSPS) is 12.8. The van der Waals surface area contributed by atoms with Gasteiger partial charge in [0, 0.05) is 9.35 Å². The van der Waals surface area contributed by atoms with Gasteiger partial charge < -0.3 is 5.11 Å². The minimum atomic E-state index is -1.26. The third-order valence-corrected chi connectivity index (χ3v) is 4.00. The lowest BCUT2D eigenvalue weighted by atomic mass is 10.0. The van der Waals surface area contributed by atoms with Crippen LogP contribution in [0.2, 0.25) is 0 Å². The Balaban J connectivity index is 2.51. The first-order valence-electron chi connectivity index (χ1n) is 4.87. The summed E-state index contributed by atoms with van der Waals surface area (Å²) in [4.78, 5) is 0.560. The van der Waals surface area contributed by atoms with Gasteiger partial charge in [0.1, 0.15) is 17.7 Å². The van der Waals surface area contributed by atoms with Crippen molar-refractivity contribution in [3.8, 4) is 0 Å². The highest BCUT2D eigenvalue weighted by molar-refractivity contribution is 9.10. The van der Waals surface area contributed by atoms with E-state index in [1.54, 1.807) is 18.4 Å². The first-order valence-corrected chi connectivity index (χ1v) is 6.54. The molecule has 0 saturated carbocycles. The SMILES string of the molecule is Cc1ccsc1C(O)c1c(F)cc(Br)cc1F. The molecule has 0 aliphatic carbocycles. The summed E-state index contributed by atoms with van der Waals surface area (Å²) in [6.07, 6.45) is -1.26. The zero-order chi connectivity index (χ0) is 12.6. The second-order valence-electron chi connectivity index (χ2n) is 3.65. The molecule has 2 rings (SSSR count). The van der Waals surface area contributed by atoms with Gasteiger partial charge in [0.15, 0.2) is 0 Å². The molecule has 0 amide bonds. The van der Waals surface area contributed by atoms with Gasteiger partial charge >= 0.3 is 0 Å². The van der Waals surface area contributed by atoms with Crippen molar-refractivity contribution >= 4 is 27.3 Å². The van der Waals surface area contributed by atoms with Crippen LogP contribution in [0.1, 0.15) is 22.1 Å². The number of aliphatic hydroxyl groups excluding tert-OH is 1. The van der Waals surface area contributed by atoms with E-state index in [2.05, 4.69) is 15.9 Å². The fraction of sp³-hybridized carbons (Fsp3) is 0.167. The van der Waals surface area contributed by atoms with Crippen LogP contribution in [-0.2, 0) is 0 Å². The molecule has 1 N–H and O–H groups in total. The number of aryl methyl sites for hydroxylation is 1. The Hall–Kier alpha value is -0.780. The van der Waals surface area contributed by atoms with Crippen molar-refractivity contribution in [2.75, 3.05) is 0 Å². The topological polar surface area (TPSA) is 20.2 Å². The highest BCUT2D eigenvalue weighted by atomic mass is 79.9. The van der Waals surface area contributed by atoms with Crippen LogP contribution < -0.4 is 0 Å². The van der Waals surface area contributed by atoms with Gasteiger partial charge in [-0.2, -0.15) is 0 Å². The van der Waals surface area contributed by atoms with Gasteiger partial charge in [-0.05, 0) is 36.1 Å². The van der Waals surface area contributed by atoms with Gasteiger partial charge in [0.05, 0.1) is 5.56 Å².